The summed E-state index contributed by atoms with van der Waals surface area (Å²) in [5.74, 6) is -0.636. The van der Waals surface area contributed by atoms with Gasteiger partial charge < -0.3 is 19.3 Å². The van der Waals surface area contributed by atoms with Crippen LogP contribution in [0.5, 0.6) is 0 Å². The number of nitrogens with zero attached hydrogens (tertiary/aromatic N) is 3. The second-order valence-electron chi connectivity index (χ2n) is 10.6. The van der Waals surface area contributed by atoms with Gasteiger partial charge in [0.05, 0.1) is 22.7 Å². The van der Waals surface area contributed by atoms with Crippen molar-refractivity contribution in [1.29, 1.82) is 0 Å². The lowest BCUT2D eigenvalue weighted by Gasteiger charge is -2.33. The van der Waals surface area contributed by atoms with Crippen LogP contribution in [0.4, 0.5) is 5.69 Å². The van der Waals surface area contributed by atoms with E-state index in [9.17, 15) is 14.7 Å². The number of aliphatic hydroxyl groups is 1. The molecule has 8 heteroatoms. The third-order valence-electron chi connectivity index (χ3n) is 7.74. The van der Waals surface area contributed by atoms with E-state index >= 15 is 0 Å². The lowest BCUT2D eigenvalue weighted by molar-refractivity contribution is -0.138. The Hall–Kier alpha value is -3.78. The van der Waals surface area contributed by atoms with Crippen LogP contribution in [0.3, 0.4) is 0 Å². The molecule has 1 atom stereocenters. The molecule has 41 heavy (non-hydrogen) atoms. The van der Waals surface area contributed by atoms with Gasteiger partial charge in [0, 0.05) is 29.7 Å². The number of thioether (sulfide) groups is 1. The van der Waals surface area contributed by atoms with Gasteiger partial charge in [-0.2, -0.15) is 0 Å². The van der Waals surface area contributed by atoms with Crippen LogP contribution >= 0.6 is 11.8 Å². The summed E-state index contributed by atoms with van der Waals surface area (Å²) in [6, 6.07) is 14.1. The van der Waals surface area contributed by atoms with Crippen molar-refractivity contribution >= 4 is 51.3 Å². The molecule has 0 saturated carbocycles. The first-order valence-electron chi connectivity index (χ1n) is 14.4. The molecule has 7 nitrogen and oxygen atoms in total. The van der Waals surface area contributed by atoms with E-state index < -0.39 is 5.97 Å². The summed E-state index contributed by atoms with van der Waals surface area (Å²) in [5.41, 5.74) is 4.89. The summed E-state index contributed by atoms with van der Waals surface area (Å²) in [6.45, 7) is 9.21. The molecule has 3 aromatic rings. The summed E-state index contributed by atoms with van der Waals surface area (Å²) < 4.78 is 7.31. The van der Waals surface area contributed by atoms with E-state index in [0.717, 1.165) is 59.8 Å². The summed E-state index contributed by atoms with van der Waals surface area (Å²) in [7, 11) is 0. The number of aliphatic hydroxyl groups excluding tert-OH is 1. The van der Waals surface area contributed by atoms with Crippen LogP contribution in [0.15, 0.2) is 69.9 Å². The number of carbonyl (C=O) groups is 2. The first-order valence-corrected chi connectivity index (χ1v) is 15.2. The monoisotopic (exact) mass is 571 g/mol. The second-order valence-corrected chi connectivity index (χ2v) is 11.6. The van der Waals surface area contributed by atoms with E-state index in [1.807, 2.05) is 65.1 Å². The molecule has 0 aliphatic carbocycles. The second kappa shape index (κ2) is 12.4. The molecule has 0 radical (unpaired) electrons. The highest BCUT2D eigenvalue weighted by atomic mass is 32.2. The molecule has 3 heterocycles. The highest BCUT2D eigenvalue weighted by Gasteiger charge is 2.33. The highest BCUT2D eigenvalue weighted by molar-refractivity contribution is 8.18. The van der Waals surface area contributed by atoms with E-state index in [-0.39, 0.29) is 36.4 Å². The SMILES string of the molecule is CCOC(=O)C1=C(O)/C(=C/c2cn(CC(=O)N3CCCC[C@H]3C)c3c(CC)cccc23)SC1=Nc1ccc(C)cc1. The predicted molar refractivity (Wildman–Crippen MR) is 166 cm³/mol. The molecule has 2 aliphatic heterocycles. The number of hydrogen-bond donors (Lipinski definition) is 1. The van der Waals surface area contributed by atoms with Crippen LogP contribution in [0, 0.1) is 6.92 Å². The largest absolute Gasteiger partial charge is 0.506 e. The van der Waals surface area contributed by atoms with Crippen LogP contribution < -0.4 is 0 Å². The summed E-state index contributed by atoms with van der Waals surface area (Å²) in [4.78, 5) is 33.5. The number of likely N-dealkylation sites (tertiary alicyclic amines) is 1. The van der Waals surface area contributed by atoms with E-state index in [1.54, 1.807) is 6.92 Å². The summed E-state index contributed by atoms with van der Waals surface area (Å²) in [6.07, 6.45) is 7.92. The Morgan fingerprint density at radius 2 is 1.93 bits per heavy atom. The number of esters is 1. The molecule has 214 valence electrons. The predicted octanol–water partition coefficient (Wildman–Crippen LogP) is 7.11. The van der Waals surface area contributed by atoms with Crippen LogP contribution in [-0.4, -0.2) is 50.7 Å². The number of hydrogen-bond acceptors (Lipinski definition) is 6. The van der Waals surface area contributed by atoms with Crippen LogP contribution in [0.2, 0.25) is 0 Å². The molecule has 1 saturated heterocycles. The summed E-state index contributed by atoms with van der Waals surface area (Å²) >= 11 is 1.24. The molecule has 0 unspecified atom stereocenters. The van der Waals surface area contributed by atoms with Crippen molar-refractivity contribution in [3.8, 4) is 0 Å². The zero-order valence-electron chi connectivity index (χ0n) is 24.1. The van der Waals surface area contributed by atoms with Crippen molar-refractivity contribution in [2.24, 2.45) is 4.99 Å². The molecule has 1 aromatic heterocycles. The molecule has 0 bridgehead atoms. The number of aliphatic imine (C=N–C) groups is 1. The number of aryl methyl sites for hydroxylation is 2. The number of ether oxygens (including phenoxy) is 1. The molecular formula is C33H37N3O4S. The quantitative estimate of drug-likeness (QED) is 0.306. The first kappa shape index (κ1) is 28.7. The highest BCUT2D eigenvalue weighted by Crippen LogP contribution is 2.41. The van der Waals surface area contributed by atoms with Gasteiger partial charge in [0.15, 0.2) is 0 Å². The van der Waals surface area contributed by atoms with Crippen molar-refractivity contribution in [2.75, 3.05) is 13.2 Å². The maximum atomic E-state index is 13.4. The number of fused-ring (bicyclic) bond motifs is 1. The van der Waals surface area contributed by atoms with E-state index in [4.69, 9.17) is 4.74 Å². The van der Waals surface area contributed by atoms with Gasteiger partial charge in [0.25, 0.3) is 0 Å². The van der Waals surface area contributed by atoms with Crippen molar-refractivity contribution in [1.82, 2.24) is 9.47 Å². The van der Waals surface area contributed by atoms with Crippen molar-refractivity contribution in [3.05, 3.63) is 81.6 Å². The molecule has 2 aromatic carbocycles. The Labute approximate surface area is 245 Å². The maximum Gasteiger partial charge on any atom is 0.344 e. The normalized spacial score (nSPS) is 19.5. The van der Waals surface area contributed by atoms with Crippen molar-refractivity contribution < 1.29 is 19.4 Å². The van der Waals surface area contributed by atoms with Crippen LogP contribution in [0.25, 0.3) is 17.0 Å². The Bertz CT molecular complexity index is 1570. The van der Waals surface area contributed by atoms with E-state index in [0.29, 0.717) is 15.6 Å². The third-order valence-corrected chi connectivity index (χ3v) is 8.76. The minimum atomic E-state index is -0.608. The average molecular weight is 572 g/mol. The first-order chi connectivity index (χ1) is 19.8. The molecule has 1 amide bonds. The summed E-state index contributed by atoms with van der Waals surface area (Å²) in [5, 5.41) is 12.6. The Morgan fingerprint density at radius 3 is 2.63 bits per heavy atom. The Kier molecular flexibility index (Phi) is 8.68. The smallest absolute Gasteiger partial charge is 0.344 e. The standard InChI is InChI=1S/C33H37N3O4S/c1-5-23-11-9-12-26-24(19-35(30(23)26)20-28(37)36-17-8-7-10-22(36)4)18-27-31(38)29(33(39)40-6-2)32(41-27)34-25-15-13-21(3)14-16-25/h9,11-16,18-19,22,38H,5-8,10,17,20H2,1-4H3/b27-18-,34-32?/t22-/m1/s1. The molecule has 2 aliphatic rings. The van der Waals surface area contributed by atoms with E-state index in [1.165, 1.54) is 11.8 Å². The van der Waals surface area contributed by atoms with Gasteiger partial charge in [-0.1, -0.05) is 54.6 Å². The lowest BCUT2D eigenvalue weighted by Crippen LogP contribution is -2.43. The minimum Gasteiger partial charge on any atom is -0.506 e. The molecule has 0 spiro atoms. The Morgan fingerprint density at radius 1 is 1.15 bits per heavy atom. The zero-order valence-corrected chi connectivity index (χ0v) is 25.0. The average Bonchev–Trinajstić information content (AvgIpc) is 3.46. The maximum absolute atomic E-state index is 13.4. The van der Waals surface area contributed by atoms with Gasteiger partial charge in [-0.3, -0.25) is 4.79 Å². The van der Waals surface area contributed by atoms with Gasteiger partial charge >= 0.3 is 5.97 Å². The fourth-order valence-corrected chi connectivity index (χ4v) is 6.59. The number of carbonyl (C=O) groups excluding carboxylic acids is 2. The van der Waals surface area contributed by atoms with E-state index in [2.05, 4.69) is 24.9 Å². The third kappa shape index (κ3) is 5.98. The van der Waals surface area contributed by atoms with Crippen LogP contribution in [0.1, 0.15) is 56.7 Å². The molecular weight excluding hydrogens is 534 g/mol. The van der Waals surface area contributed by atoms with Gasteiger partial charge in [-0.05, 0) is 70.2 Å². The van der Waals surface area contributed by atoms with Gasteiger partial charge in [-0.25, -0.2) is 9.79 Å². The molecule has 1 N–H and O–H groups in total. The van der Waals surface area contributed by atoms with Crippen LogP contribution in [-0.2, 0) is 27.3 Å². The molecule has 5 rings (SSSR count). The number of aromatic nitrogens is 1. The fraction of sp³-hybridized carbons (Fsp3) is 0.364. The van der Waals surface area contributed by atoms with Gasteiger partial charge in [-0.15, -0.1) is 0 Å². The Balaban J connectivity index is 1.56. The minimum absolute atomic E-state index is 0.0657. The number of amides is 1. The number of benzene rings is 2. The molecule has 1 fully saturated rings. The van der Waals surface area contributed by atoms with Crippen molar-refractivity contribution in [3.63, 3.8) is 0 Å². The topological polar surface area (TPSA) is 84.1 Å². The fourth-order valence-electron chi connectivity index (χ4n) is 5.57. The number of rotatable bonds is 7. The van der Waals surface area contributed by atoms with Gasteiger partial charge in [0.1, 0.15) is 22.9 Å². The number of para-hydroxylation sites is 1. The van der Waals surface area contributed by atoms with Gasteiger partial charge in [0.2, 0.25) is 5.91 Å². The van der Waals surface area contributed by atoms with Crippen molar-refractivity contribution in [2.45, 2.75) is 66.0 Å². The lowest BCUT2D eigenvalue weighted by atomic mass is 10.0. The zero-order chi connectivity index (χ0) is 29.1. The number of piperidine rings is 1.